The first-order chi connectivity index (χ1) is 13.1. The molecule has 0 radical (unpaired) electrons. The molecule has 0 aromatic heterocycles. The van der Waals surface area contributed by atoms with E-state index in [0.717, 1.165) is 55.4 Å². The predicted octanol–water partition coefficient (Wildman–Crippen LogP) is 3.93. The Bertz CT molecular complexity index is 770. The van der Waals surface area contributed by atoms with E-state index in [1.807, 2.05) is 25.1 Å². The van der Waals surface area contributed by atoms with E-state index in [1.54, 1.807) is 6.07 Å². The van der Waals surface area contributed by atoms with Crippen molar-refractivity contribution in [1.82, 2.24) is 4.90 Å². The average molecular weight is 376 g/mol. The molecule has 146 valence electrons. The van der Waals surface area contributed by atoms with Crippen LogP contribution in [0.4, 0.5) is 14.5 Å². The van der Waals surface area contributed by atoms with Gasteiger partial charge >= 0.3 is 0 Å². The summed E-state index contributed by atoms with van der Waals surface area (Å²) in [7, 11) is 0. The normalized spacial score (nSPS) is 17.7. The number of ether oxygens (including phenoxy) is 1. The minimum absolute atomic E-state index is 0.0521. The van der Waals surface area contributed by atoms with Crippen molar-refractivity contribution in [2.24, 2.45) is 0 Å². The number of piperidine rings is 1. The Kier molecular flexibility index (Phi) is 6.63. The van der Waals surface area contributed by atoms with Crippen LogP contribution in [0, 0.1) is 11.6 Å². The zero-order valence-electron chi connectivity index (χ0n) is 15.5. The summed E-state index contributed by atoms with van der Waals surface area (Å²) >= 11 is 0. The fraction of sp³-hybridized carbons (Fsp3) is 0.429. The summed E-state index contributed by atoms with van der Waals surface area (Å²) < 4.78 is 32.0. The number of aliphatic hydroxyl groups excluding tert-OH is 1. The second kappa shape index (κ2) is 9.15. The van der Waals surface area contributed by atoms with Gasteiger partial charge in [-0.2, -0.15) is 0 Å². The molecule has 2 aromatic rings. The van der Waals surface area contributed by atoms with Crippen LogP contribution in [0.5, 0.6) is 5.75 Å². The molecule has 27 heavy (non-hydrogen) atoms. The Morgan fingerprint density at radius 2 is 2.04 bits per heavy atom. The van der Waals surface area contributed by atoms with Gasteiger partial charge < -0.3 is 15.2 Å². The molecule has 1 saturated heterocycles. The molecule has 6 heteroatoms. The van der Waals surface area contributed by atoms with E-state index in [1.165, 1.54) is 6.07 Å². The van der Waals surface area contributed by atoms with Gasteiger partial charge in [0.25, 0.3) is 0 Å². The van der Waals surface area contributed by atoms with Gasteiger partial charge in [0.1, 0.15) is 5.75 Å². The van der Waals surface area contributed by atoms with Gasteiger partial charge in [-0.15, -0.1) is 0 Å². The Morgan fingerprint density at radius 3 is 2.78 bits per heavy atom. The summed E-state index contributed by atoms with van der Waals surface area (Å²) in [5.41, 5.74) is 2.52. The van der Waals surface area contributed by atoms with E-state index < -0.39 is 11.6 Å². The molecule has 3 rings (SSSR count). The van der Waals surface area contributed by atoms with Crippen LogP contribution in [0.1, 0.15) is 30.9 Å². The van der Waals surface area contributed by atoms with Gasteiger partial charge in [-0.1, -0.05) is 6.07 Å². The number of hydrogen-bond donors (Lipinski definition) is 2. The average Bonchev–Trinajstić information content (AvgIpc) is 2.66. The highest BCUT2D eigenvalue weighted by molar-refractivity contribution is 5.44. The molecule has 0 aliphatic carbocycles. The molecule has 1 aliphatic heterocycles. The lowest BCUT2D eigenvalue weighted by molar-refractivity contribution is 0.208. The first kappa shape index (κ1) is 19.6. The smallest absolute Gasteiger partial charge is 0.160 e. The standard InChI is InChI=1S/C21H26F2N2O2/c1-2-27-21-8-5-15(10-16(21)14-26)12-25-9-3-4-18(13-25)24-17-6-7-19(22)20(23)11-17/h5-8,10-11,18,24,26H,2-4,9,12-14H2,1H3. The first-order valence-electron chi connectivity index (χ1n) is 9.38. The summed E-state index contributed by atoms with van der Waals surface area (Å²) in [5.74, 6) is -0.945. The van der Waals surface area contributed by atoms with Gasteiger partial charge in [-0.05, 0) is 56.1 Å². The number of likely N-dealkylation sites (tertiary alicyclic amines) is 1. The van der Waals surface area contributed by atoms with E-state index in [-0.39, 0.29) is 12.6 Å². The van der Waals surface area contributed by atoms with Crippen molar-refractivity contribution in [3.05, 3.63) is 59.2 Å². The summed E-state index contributed by atoms with van der Waals surface area (Å²) in [6.45, 7) is 5.01. The summed E-state index contributed by atoms with van der Waals surface area (Å²) in [4.78, 5) is 2.33. The zero-order chi connectivity index (χ0) is 19.2. The third-order valence-corrected chi connectivity index (χ3v) is 4.80. The number of halogens is 2. The lowest BCUT2D eigenvalue weighted by Gasteiger charge is -2.33. The van der Waals surface area contributed by atoms with E-state index in [4.69, 9.17) is 4.74 Å². The molecule has 1 aliphatic rings. The van der Waals surface area contributed by atoms with Gasteiger partial charge in [0.05, 0.1) is 13.2 Å². The maximum Gasteiger partial charge on any atom is 0.160 e. The van der Waals surface area contributed by atoms with Crippen molar-refractivity contribution in [3.8, 4) is 5.75 Å². The van der Waals surface area contributed by atoms with Gasteiger partial charge in [0, 0.05) is 36.4 Å². The van der Waals surface area contributed by atoms with Crippen molar-refractivity contribution in [2.45, 2.75) is 39.0 Å². The molecule has 1 atom stereocenters. The van der Waals surface area contributed by atoms with E-state index in [9.17, 15) is 13.9 Å². The minimum Gasteiger partial charge on any atom is -0.494 e. The highest BCUT2D eigenvalue weighted by Crippen LogP contribution is 2.23. The molecule has 4 nitrogen and oxygen atoms in total. The van der Waals surface area contributed by atoms with Crippen LogP contribution in [0.2, 0.25) is 0 Å². The maximum absolute atomic E-state index is 13.4. The van der Waals surface area contributed by atoms with Gasteiger partial charge in [-0.3, -0.25) is 4.90 Å². The number of aliphatic hydroxyl groups is 1. The van der Waals surface area contributed by atoms with Crippen molar-refractivity contribution < 1.29 is 18.6 Å². The molecule has 1 unspecified atom stereocenters. The number of nitrogens with zero attached hydrogens (tertiary/aromatic N) is 1. The lowest BCUT2D eigenvalue weighted by atomic mass is 10.0. The van der Waals surface area contributed by atoms with Gasteiger partial charge in [-0.25, -0.2) is 8.78 Å². The second-order valence-corrected chi connectivity index (χ2v) is 6.88. The molecule has 0 saturated carbocycles. The van der Waals surface area contributed by atoms with Crippen LogP contribution in [-0.2, 0) is 13.2 Å². The van der Waals surface area contributed by atoms with Crippen molar-refractivity contribution >= 4 is 5.69 Å². The Hall–Kier alpha value is -2.18. The highest BCUT2D eigenvalue weighted by atomic mass is 19.2. The molecule has 0 amide bonds. The van der Waals surface area contributed by atoms with E-state index >= 15 is 0 Å². The third kappa shape index (κ3) is 5.17. The Labute approximate surface area is 158 Å². The van der Waals surface area contributed by atoms with Crippen LogP contribution in [0.15, 0.2) is 36.4 Å². The van der Waals surface area contributed by atoms with Crippen LogP contribution in [0.3, 0.4) is 0 Å². The number of hydrogen-bond acceptors (Lipinski definition) is 4. The van der Waals surface area contributed by atoms with Crippen LogP contribution in [-0.4, -0.2) is 35.7 Å². The summed E-state index contributed by atoms with van der Waals surface area (Å²) in [5, 5.41) is 12.9. The van der Waals surface area contributed by atoms with Crippen molar-refractivity contribution in [1.29, 1.82) is 0 Å². The molecule has 2 aromatic carbocycles. The Morgan fingerprint density at radius 1 is 1.19 bits per heavy atom. The molecule has 0 spiro atoms. The molecular formula is C21H26F2N2O2. The molecular weight excluding hydrogens is 350 g/mol. The quantitative estimate of drug-likeness (QED) is 0.769. The number of rotatable bonds is 7. The van der Waals surface area contributed by atoms with Crippen LogP contribution < -0.4 is 10.1 Å². The fourth-order valence-corrected chi connectivity index (χ4v) is 3.55. The summed E-state index contributed by atoms with van der Waals surface area (Å²) in [6, 6.07) is 10.0. The summed E-state index contributed by atoms with van der Waals surface area (Å²) in [6.07, 6.45) is 2.02. The highest BCUT2D eigenvalue weighted by Gasteiger charge is 2.20. The minimum atomic E-state index is -0.835. The Balaban J connectivity index is 1.61. The lowest BCUT2D eigenvalue weighted by Crippen LogP contribution is -2.41. The monoisotopic (exact) mass is 376 g/mol. The fourth-order valence-electron chi connectivity index (χ4n) is 3.55. The molecule has 1 heterocycles. The SMILES string of the molecule is CCOc1ccc(CN2CCCC(Nc3ccc(F)c(F)c3)C2)cc1CO. The second-order valence-electron chi connectivity index (χ2n) is 6.88. The predicted molar refractivity (Wildman–Crippen MR) is 102 cm³/mol. The number of nitrogens with one attached hydrogen (secondary N) is 1. The molecule has 0 bridgehead atoms. The zero-order valence-corrected chi connectivity index (χ0v) is 15.5. The van der Waals surface area contributed by atoms with E-state index in [0.29, 0.717) is 12.3 Å². The van der Waals surface area contributed by atoms with Crippen LogP contribution in [0.25, 0.3) is 0 Å². The third-order valence-electron chi connectivity index (χ3n) is 4.80. The first-order valence-corrected chi connectivity index (χ1v) is 9.38. The van der Waals surface area contributed by atoms with Crippen molar-refractivity contribution in [3.63, 3.8) is 0 Å². The van der Waals surface area contributed by atoms with Gasteiger partial charge in [0.15, 0.2) is 11.6 Å². The largest absolute Gasteiger partial charge is 0.494 e. The maximum atomic E-state index is 13.4. The van der Waals surface area contributed by atoms with E-state index in [2.05, 4.69) is 10.2 Å². The molecule has 2 N–H and O–H groups in total. The topological polar surface area (TPSA) is 44.7 Å². The van der Waals surface area contributed by atoms with Crippen LogP contribution >= 0.6 is 0 Å². The number of benzene rings is 2. The van der Waals surface area contributed by atoms with Gasteiger partial charge in [0.2, 0.25) is 0 Å². The van der Waals surface area contributed by atoms with Crippen molar-refractivity contribution in [2.75, 3.05) is 25.0 Å². The molecule has 1 fully saturated rings. The number of anilines is 1.